The van der Waals surface area contributed by atoms with Crippen LogP contribution in [0.25, 0.3) is 4.91 Å². The minimum Gasteiger partial charge on any atom is -0.478 e. The molecule has 1 aliphatic rings. The highest BCUT2D eigenvalue weighted by atomic mass is 32.2. The zero-order chi connectivity index (χ0) is 20.6. The van der Waals surface area contributed by atoms with Crippen LogP contribution in [-0.4, -0.2) is 29.7 Å². The lowest BCUT2D eigenvalue weighted by Crippen LogP contribution is -2.30. The number of rotatable bonds is 5. The third-order valence-electron chi connectivity index (χ3n) is 4.80. The molecule has 28 heavy (non-hydrogen) atoms. The van der Waals surface area contributed by atoms with Crippen LogP contribution in [0.1, 0.15) is 53.7 Å². The Balaban J connectivity index is 1.93. The van der Waals surface area contributed by atoms with E-state index in [1.165, 1.54) is 31.2 Å². The number of carbonyl (C=O) groups excluding carboxylic acids is 1. The third-order valence-corrected chi connectivity index (χ3v) is 6.74. The van der Waals surface area contributed by atoms with Crippen LogP contribution < -0.4 is 0 Å². The van der Waals surface area contributed by atoms with Gasteiger partial charge in [-0.3, -0.25) is 4.79 Å². The van der Waals surface area contributed by atoms with E-state index in [4.69, 9.17) is 5.11 Å². The van der Waals surface area contributed by atoms with Gasteiger partial charge in [-0.05, 0) is 41.7 Å². The lowest BCUT2D eigenvalue weighted by molar-refractivity contribution is -0.122. The van der Waals surface area contributed by atoms with Crippen LogP contribution in [0.3, 0.4) is 0 Å². The zero-order valence-electron chi connectivity index (χ0n) is 15.8. The third kappa shape index (κ3) is 3.45. The summed E-state index contributed by atoms with van der Waals surface area (Å²) in [6, 6.07) is 13.0. The van der Waals surface area contributed by atoms with Crippen LogP contribution in [0.15, 0.2) is 54.1 Å². The van der Waals surface area contributed by atoms with E-state index in [1.54, 1.807) is 12.1 Å². The SMILES string of the molecule is CC1=C(c2ccc(C(C)C)cc2)S(=O)(=O)N(Cc2ccc(C(=O)O)cc2)C1=O. The van der Waals surface area contributed by atoms with E-state index < -0.39 is 21.9 Å². The van der Waals surface area contributed by atoms with Crippen molar-refractivity contribution in [3.63, 3.8) is 0 Å². The average molecular weight is 399 g/mol. The minimum absolute atomic E-state index is 0.0231. The number of hydrogen-bond donors (Lipinski definition) is 1. The number of benzene rings is 2. The van der Waals surface area contributed by atoms with Crippen molar-refractivity contribution < 1.29 is 23.1 Å². The Hall–Kier alpha value is -2.93. The maximum Gasteiger partial charge on any atom is 0.335 e. The Morgan fingerprint density at radius 3 is 2.11 bits per heavy atom. The Kier molecular flexibility index (Phi) is 5.12. The molecule has 0 fully saturated rings. The first kappa shape index (κ1) is 19.8. The molecule has 1 amide bonds. The summed E-state index contributed by atoms with van der Waals surface area (Å²) in [4.78, 5) is 23.6. The number of carbonyl (C=O) groups is 2. The van der Waals surface area contributed by atoms with Gasteiger partial charge in [-0.15, -0.1) is 0 Å². The molecule has 1 aliphatic heterocycles. The predicted octanol–water partition coefficient (Wildman–Crippen LogP) is 3.61. The minimum atomic E-state index is -3.99. The van der Waals surface area contributed by atoms with Crippen molar-refractivity contribution in [3.8, 4) is 0 Å². The molecule has 0 bridgehead atoms. The molecule has 3 rings (SSSR count). The quantitative estimate of drug-likeness (QED) is 0.829. The zero-order valence-corrected chi connectivity index (χ0v) is 16.7. The summed E-state index contributed by atoms with van der Waals surface area (Å²) in [5.74, 6) is -1.32. The van der Waals surface area contributed by atoms with E-state index in [0.717, 1.165) is 9.87 Å². The molecule has 0 radical (unpaired) electrons. The Morgan fingerprint density at radius 2 is 1.61 bits per heavy atom. The Bertz CT molecular complexity index is 1060. The van der Waals surface area contributed by atoms with Gasteiger partial charge in [-0.1, -0.05) is 50.2 Å². The summed E-state index contributed by atoms with van der Waals surface area (Å²) in [5.41, 5.74) is 2.38. The van der Waals surface area contributed by atoms with Crippen LogP contribution in [0, 0.1) is 0 Å². The molecule has 0 unspecified atom stereocenters. The van der Waals surface area contributed by atoms with Gasteiger partial charge in [-0.25, -0.2) is 17.5 Å². The molecule has 0 saturated carbocycles. The standard InChI is InChI=1S/C21H21NO5S/c1-13(2)16-8-10-17(11-9-16)19-14(3)20(23)22(28(19,26)27)12-15-4-6-18(7-5-15)21(24)25/h4-11,13H,12H2,1-3H3,(H,24,25). The largest absolute Gasteiger partial charge is 0.478 e. The van der Waals surface area contributed by atoms with Gasteiger partial charge in [0.05, 0.1) is 12.1 Å². The molecule has 1 heterocycles. The van der Waals surface area contributed by atoms with Crippen LogP contribution in [0.4, 0.5) is 0 Å². The van der Waals surface area contributed by atoms with Crippen molar-refractivity contribution in [2.75, 3.05) is 0 Å². The number of amides is 1. The summed E-state index contributed by atoms with van der Waals surface area (Å²) >= 11 is 0. The van der Waals surface area contributed by atoms with Crippen molar-refractivity contribution in [2.24, 2.45) is 0 Å². The van der Waals surface area contributed by atoms with Gasteiger partial charge >= 0.3 is 5.97 Å². The van der Waals surface area contributed by atoms with Gasteiger partial charge in [0.25, 0.3) is 15.9 Å². The lowest BCUT2D eigenvalue weighted by Gasteiger charge is -2.17. The highest BCUT2D eigenvalue weighted by Gasteiger charge is 2.42. The van der Waals surface area contributed by atoms with Crippen LogP contribution in [0.2, 0.25) is 0 Å². The fourth-order valence-corrected chi connectivity index (χ4v) is 4.96. The van der Waals surface area contributed by atoms with E-state index in [9.17, 15) is 18.0 Å². The first-order valence-corrected chi connectivity index (χ1v) is 10.3. The molecule has 0 saturated heterocycles. The molecule has 7 heteroatoms. The molecule has 0 aromatic heterocycles. The van der Waals surface area contributed by atoms with E-state index in [1.807, 2.05) is 26.0 Å². The highest BCUT2D eigenvalue weighted by Crippen LogP contribution is 2.36. The Labute approximate surface area is 164 Å². The second-order valence-electron chi connectivity index (χ2n) is 7.05. The summed E-state index contributed by atoms with van der Waals surface area (Å²) in [6.07, 6.45) is 0. The number of sulfonamides is 1. The smallest absolute Gasteiger partial charge is 0.335 e. The lowest BCUT2D eigenvalue weighted by atomic mass is 10.0. The van der Waals surface area contributed by atoms with Gasteiger partial charge in [0.1, 0.15) is 4.91 Å². The summed E-state index contributed by atoms with van der Waals surface area (Å²) in [6.45, 7) is 5.46. The Morgan fingerprint density at radius 1 is 1.04 bits per heavy atom. The van der Waals surface area contributed by atoms with Crippen LogP contribution in [-0.2, 0) is 21.4 Å². The van der Waals surface area contributed by atoms with Gasteiger partial charge in [-0.2, -0.15) is 0 Å². The molecule has 0 atom stereocenters. The maximum absolute atomic E-state index is 13.1. The van der Waals surface area contributed by atoms with Gasteiger partial charge in [0.2, 0.25) is 0 Å². The number of carboxylic acids is 1. The van der Waals surface area contributed by atoms with Crippen molar-refractivity contribution >= 4 is 26.8 Å². The fourth-order valence-electron chi connectivity index (χ4n) is 3.16. The molecule has 6 nitrogen and oxygen atoms in total. The van der Waals surface area contributed by atoms with Crippen molar-refractivity contribution in [1.82, 2.24) is 4.31 Å². The first-order chi connectivity index (χ1) is 13.1. The van der Waals surface area contributed by atoms with E-state index in [-0.39, 0.29) is 22.6 Å². The van der Waals surface area contributed by atoms with Gasteiger partial charge < -0.3 is 5.11 Å². The fraction of sp³-hybridized carbons (Fsp3) is 0.238. The molecule has 0 aliphatic carbocycles. The van der Waals surface area contributed by atoms with Crippen molar-refractivity contribution in [2.45, 2.75) is 33.2 Å². The number of hydrogen-bond acceptors (Lipinski definition) is 4. The normalized spacial score (nSPS) is 16.1. The van der Waals surface area contributed by atoms with Gasteiger partial charge in [0.15, 0.2) is 0 Å². The summed E-state index contributed by atoms with van der Waals surface area (Å²) < 4.78 is 27.0. The van der Waals surface area contributed by atoms with E-state index in [0.29, 0.717) is 17.0 Å². The van der Waals surface area contributed by atoms with Crippen LogP contribution >= 0.6 is 0 Å². The molecule has 1 N–H and O–H groups in total. The average Bonchev–Trinajstić information content (AvgIpc) is 2.81. The van der Waals surface area contributed by atoms with Crippen molar-refractivity contribution in [1.29, 1.82) is 0 Å². The topological polar surface area (TPSA) is 91.8 Å². The first-order valence-electron chi connectivity index (χ1n) is 8.83. The van der Waals surface area contributed by atoms with Crippen LogP contribution in [0.5, 0.6) is 0 Å². The van der Waals surface area contributed by atoms with E-state index in [2.05, 4.69) is 0 Å². The molecule has 2 aromatic carbocycles. The summed E-state index contributed by atoms with van der Waals surface area (Å²) in [7, 11) is -3.99. The molecule has 146 valence electrons. The van der Waals surface area contributed by atoms with E-state index >= 15 is 0 Å². The summed E-state index contributed by atoms with van der Waals surface area (Å²) in [5, 5.41) is 8.97. The molecular formula is C21H21NO5S. The van der Waals surface area contributed by atoms with Gasteiger partial charge in [0, 0.05) is 5.57 Å². The highest BCUT2D eigenvalue weighted by molar-refractivity contribution is 7.99. The molecular weight excluding hydrogens is 378 g/mol. The second-order valence-corrected chi connectivity index (χ2v) is 8.85. The molecule has 0 spiro atoms. The number of aromatic carboxylic acids is 1. The number of nitrogens with zero attached hydrogens (tertiary/aromatic N) is 1. The molecule has 2 aromatic rings. The monoisotopic (exact) mass is 399 g/mol. The van der Waals surface area contributed by atoms with Crippen molar-refractivity contribution in [3.05, 3.63) is 76.4 Å². The predicted molar refractivity (Wildman–Crippen MR) is 106 cm³/mol. The maximum atomic E-state index is 13.1. The number of carboxylic acid groups (broad SMARTS) is 1. The second kappa shape index (κ2) is 7.24.